The second-order valence-electron chi connectivity index (χ2n) is 6.58. The Morgan fingerprint density at radius 1 is 1.12 bits per heavy atom. The number of nitrogens with zero attached hydrogens (tertiary/aromatic N) is 1. The quantitative estimate of drug-likeness (QED) is 0.803. The van der Waals surface area contributed by atoms with Crippen molar-refractivity contribution >= 4 is 11.6 Å². The van der Waals surface area contributed by atoms with Crippen LogP contribution in [-0.4, -0.2) is 48.8 Å². The molecule has 138 valence electrons. The number of carbonyl (C=O) groups excluding carboxylic acids is 1. The van der Waals surface area contributed by atoms with Crippen LogP contribution in [0.2, 0.25) is 0 Å². The van der Waals surface area contributed by atoms with Gasteiger partial charge in [-0.1, -0.05) is 30.3 Å². The van der Waals surface area contributed by atoms with Gasteiger partial charge in [0.15, 0.2) is 0 Å². The molecule has 5 nitrogen and oxygen atoms in total. The molecule has 1 fully saturated rings. The highest BCUT2D eigenvalue weighted by Crippen LogP contribution is 2.26. The Kier molecular flexibility index (Phi) is 6.12. The number of rotatable bonds is 7. The Morgan fingerprint density at radius 2 is 1.77 bits per heavy atom. The number of methoxy groups -OCH3 is 1. The zero-order chi connectivity index (χ0) is 18.4. The van der Waals surface area contributed by atoms with Crippen molar-refractivity contribution in [2.45, 2.75) is 24.8 Å². The van der Waals surface area contributed by atoms with Gasteiger partial charge in [-0.2, -0.15) is 0 Å². The van der Waals surface area contributed by atoms with E-state index in [9.17, 15) is 9.90 Å². The highest BCUT2D eigenvalue weighted by Gasteiger charge is 2.33. The first-order chi connectivity index (χ1) is 12.7. The first-order valence-corrected chi connectivity index (χ1v) is 9.08. The molecule has 0 saturated carbocycles. The average Bonchev–Trinajstić information content (AvgIpc) is 3.23. The lowest BCUT2D eigenvalue weighted by Crippen LogP contribution is -2.46. The van der Waals surface area contributed by atoms with Gasteiger partial charge < -0.3 is 20.1 Å². The van der Waals surface area contributed by atoms with Gasteiger partial charge in [-0.05, 0) is 42.7 Å². The summed E-state index contributed by atoms with van der Waals surface area (Å²) in [4.78, 5) is 15.1. The Balaban J connectivity index is 1.88. The Hall–Kier alpha value is -2.53. The minimum Gasteiger partial charge on any atom is -0.497 e. The van der Waals surface area contributed by atoms with E-state index in [1.807, 2.05) is 59.5 Å². The highest BCUT2D eigenvalue weighted by molar-refractivity contribution is 5.86. The summed E-state index contributed by atoms with van der Waals surface area (Å²) in [5.74, 6) is 0.493. The molecule has 3 rings (SSSR count). The second kappa shape index (κ2) is 8.72. The van der Waals surface area contributed by atoms with Crippen LogP contribution in [-0.2, 0) is 4.79 Å². The molecule has 0 radical (unpaired) electrons. The minimum atomic E-state index is -0.520. The largest absolute Gasteiger partial charge is 0.497 e. The van der Waals surface area contributed by atoms with Gasteiger partial charge in [0.1, 0.15) is 11.8 Å². The van der Waals surface area contributed by atoms with Crippen molar-refractivity contribution in [2.75, 3.05) is 32.1 Å². The van der Waals surface area contributed by atoms with Gasteiger partial charge in [0.05, 0.1) is 13.7 Å². The van der Waals surface area contributed by atoms with E-state index in [1.54, 1.807) is 7.11 Å². The monoisotopic (exact) mass is 354 g/mol. The molecule has 1 amide bonds. The number of hydrogen-bond acceptors (Lipinski definition) is 4. The van der Waals surface area contributed by atoms with Crippen LogP contribution in [0.3, 0.4) is 0 Å². The molecule has 2 N–H and O–H groups in total. The molecule has 1 heterocycles. The van der Waals surface area contributed by atoms with Crippen LogP contribution in [0.1, 0.15) is 24.3 Å². The Morgan fingerprint density at radius 3 is 2.35 bits per heavy atom. The van der Waals surface area contributed by atoms with Crippen LogP contribution in [0.4, 0.5) is 5.69 Å². The predicted octanol–water partition coefficient (Wildman–Crippen LogP) is 2.87. The Bertz CT molecular complexity index is 697. The lowest BCUT2D eigenvalue weighted by molar-refractivity contribution is -0.131. The number of ether oxygens (including phenoxy) is 1. The summed E-state index contributed by atoms with van der Waals surface area (Å²) in [5.41, 5.74) is 1.78. The fourth-order valence-corrected chi connectivity index (χ4v) is 3.44. The summed E-state index contributed by atoms with van der Waals surface area (Å²) in [6.45, 7) is 1.47. The van der Waals surface area contributed by atoms with Crippen molar-refractivity contribution in [1.82, 2.24) is 4.90 Å². The molecule has 0 spiro atoms. The maximum Gasteiger partial charge on any atom is 0.245 e. The summed E-state index contributed by atoms with van der Waals surface area (Å²) < 4.78 is 5.20. The molecule has 2 aromatic carbocycles. The third kappa shape index (κ3) is 4.17. The fraction of sp³-hybridized carbons (Fsp3) is 0.381. The molecule has 0 aliphatic carbocycles. The average molecular weight is 354 g/mol. The number of benzene rings is 2. The van der Waals surface area contributed by atoms with Crippen LogP contribution < -0.4 is 10.1 Å². The molecule has 1 saturated heterocycles. The van der Waals surface area contributed by atoms with E-state index in [2.05, 4.69) is 5.32 Å². The van der Waals surface area contributed by atoms with Crippen LogP contribution >= 0.6 is 0 Å². The number of likely N-dealkylation sites (tertiary alicyclic amines) is 1. The maximum atomic E-state index is 13.2. The third-order valence-corrected chi connectivity index (χ3v) is 4.92. The van der Waals surface area contributed by atoms with Crippen LogP contribution in [0, 0.1) is 0 Å². The fourth-order valence-electron chi connectivity index (χ4n) is 3.44. The van der Waals surface area contributed by atoms with Crippen LogP contribution in [0.5, 0.6) is 5.75 Å². The second-order valence-corrected chi connectivity index (χ2v) is 6.58. The first kappa shape index (κ1) is 18.3. The summed E-state index contributed by atoms with van der Waals surface area (Å²) in [6.07, 6.45) is 2.08. The van der Waals surface area contributed by atoms with Gasteiger partial charge >= 0.3 is 0 Å². The predicted molar refractivity (Wildman–Crippen MR) is 102 cm³/mol. The minimum absolute atomic E-state index is 0.0428. The number of amides is 1. The van der Waals surface area contributed by atoms with E-state index in [0.717, 1.165) is 42.9 Å². The van der Waals surface area contributed by atoms with E-state index in [-0.39, 0.29) is 18.4 Å². The summed E-state index contributed by atoms with van der Waals surface area (Å²) in [6, 6.07) is 16.7. The highest BCUT2D eigenvalue weighted by atomic mass is 16.5. The molecule has 0 unspecified atom stereocenters. The van der Waals surface area contributed by atoms with Crippen LogP contribution in [0.25, 0.3) is 0 Å². The maximum absolute atomic E-state index is 13.2. The number of hydrogen-bond donors (Lipinski definition) is 2. The smallest absolute Gasteiger partial charge is 0.245 e. The SMILES string of the molecule is COc1ccc(N[C@H](C(=O)N2CCCC2)[C@@H](CO)c2ccccc2)cc1. The zero-order valence-electron chi connectivity index (χ0n) is 15.1. The molecule has 26 heavy (non-hydrogen) atoms. The van der Waals surface area contributed by atoms with E-state index >= 15 is 0 Å². The lowest BCUT2D eigenvalue weighted by atomic mass is 9.91. The summed E-state index contributed by atoms with van der Waals surface area (Å²) in [5, 5.41) is 13.4. The zero-order valence-corrected chi connectivity index (χ0v) is 15.1. The van der Waals surface area contributed by atoms with Gasteiger partial charge in [-0.25, -0.2) is 0 Å². The van der Waals surface area contributed by atoms with Crippen molar-refractivity contribution in [3.63, 3.8) is 0 Å². The van der Waals surface area contributed by atoms with Crippen molar-refractivity contribution in [1.29, 1.82) is 0 Å². The number of aliphatic hydroxyl groups is 1. The third-order valence-electron chi connectivity index (χ3n) is 4.92. The summed E-state index contributed by atoms with van der Waals surface area (Å²) >= 11 is 0. The standard InChI is InChI=1S/C21H26N2O3/c1-26-18-11-9-17(10-12-18)22-20(21(25)23-13-5-6-14-23)19(15-24)16-7-3-2-4-8-16/h2-4,7-12,19-20,22,24H,5-6,13-15H2,1H3/t19-,20-/m0/s1. The Labute approximate surface area is 154 Å². The number of carbonyl (C=O) groups is 1. The van der Waals surface area contributed by atoms with Crippen molar-refractivity contribution < 1.29 is 14.6 Å². The van der Waals surface area contributed by atoms with Gasteiger partial charge in [-0.3, -0.25) is 4.79 Å². The van der Waals surface area contributed by atoms with E-state index in [0.29, 0.717) is 0 Å². The van der Waals surface area contributed by atoms with Gasteiger partial charge in [-0.15, -0.1) is 0 Å². The van der Waals surface area contributed by atoms with Crippen molar-refractivity contribution in [2.24, 2.45) is 0 Å². The number of aliphatic hydroxyl groups excluding tert-OH is 1. The van der Waals surface area contributed by atoms with E-state index in [1.165, 1.54) is 0 Å². The van der Waals surface area contributed by atoms with Gasteiger partial charge in [0.25, 0.3) is 0 Å². The van der Waals surface area contributed by atoms with Gasteiger partial charge in [0.2, 0.25) is 5.91 Å². The normalized spacial score (nSPS) is 16.2. The molecular weight excluding hydrogens is 328 g/mol. The number of anilines is 1. The van der Waals surface area contributed by atoms with Crippen molar-refractivity contribution in [3.8, 4) is 5.75 Å². The van der Waals surface area contributed by atoms with Crippen LogP contribution in [0.15, 0.2) is 54.6 Å². The topological polar surface area (TPSA) is 61.8 Å². The molecule has 0 bridgehead atoms. The molecule has 5 heteroatoms. The molecule has 0 aromatic heterocycles. The lowest BCUT2D eigenvalue weighted by Gasteiger charge is -2.30. The molecule has 1 aliphatic rings. The molecule has 2 aromatic rings. The summed E-state index contributed by atoms with van der Waals surface area (Å²) in [7, 11) is 1.62. The molecule has 2 atom stereocenters. The molecular formula is C21H26N2O3. The van der Waals surface area contributed by atoms with Gasteiger partial charge in [0, 0.05) is 24.7 Å². The van der Waals surface area contributed by atoms with Crippen molar-refractivity contribution in [3.05, 3.63) is 60.2 Å². The number of nitrogens with one attached hydrogen (secondary N) is 1. The first-order valence-electron chi connectivity index (χ1n) is 9.08. The molecule has 1 aliphatic heterocycles. The van der Waals surface area contributed by atoms with E-state index in [4.69, 9.17) is 4.74 Å². The van der Waals surface area contributed by atoms with E-state index < -0.39 is 6.04 Å².